The van der Waals surface area contributed by atoms with Crippen molar-refractivity contribution in [2.75, 3.05) is 18.9 Å². The zero-order valence-electron chi connectivity index (χ0n) is 7.94. The van der Waals surface area contributed by atoms with Crippen LogP contribution < -0.4 is 10.9 Å². The topological polar surface area (TPSA) is 78.3 Å². The van der Waals surface area contributed by atoms with Gasteiger partial charge >= 0.3 is 5.97 Å². The quantitative estimate of drug-likeness (QED) is 0.409. The molecule has 0 aliphatic rings. The highest BCUT2D eigenvalue weighted by Crippen LogP contribution is 1.98. The normalized spacial score (nSPS) is 8.43. The molecule has 0 aliphatic heterocycles. The van der Waals surface area contributed by atoms with Crippen LogP contribution in [0, 0.1) is 0 Å². The van der Waals surface area contributed by atoms with Gasteiger partial charge in [0.25, 0.3) is 0 Å². The van der Waals surface area contributed by atoms with Gasteiger partial charge in [-0.05, 0) is 19.4 Å². The van der Waals surface area contributed by atoms with E-state index in [0.717, 1.165) is 18.6 Å². The van der Waals surface area contributed by atoms with Gasteiger partial charge in [0.05, 0.1) is 6.61 Å². The van der Waals surface area contributed by atoms with Gasteiger partial charge in [0.1, 0.15) is 0 Å². The van der Waals surface area contributed by atoms with Crippen LogP contribution in [0.1, 0.15) is 19.3 Å². The molecule has 4 N–H and O–H groups in total. The average molecular weight is 265 g/mol. The van der Waals surface area contributed by atoms with Gasteiger partial charge < -0.3 is 10.5 Å². The zero-order valence-corrected chi connectivity index (χ0v) is 10.4. The second-order valence-corrected chi connectivity index (χ2v) is 3.08. The molecule has 0 aromatic rings. The Balaban J connectivity index is -0.000000605. The molecule has 88 valence electrons. The third-order valence-corrected chi connectivity index (χ3v) is 1.78. The van der Waals surface area contributed by atoms with Gasteiger partial charge in [0.2, 0.25) is 0 Å². The van der Waals surface area contributed by atoms with Crippen LogP contribution in [0.3, 0.4) is 0 Å². The maximum absolute atomic E-state index is 10.9. The Hall–Kier alpha value is 0.320. The molecule has 0 aromatic heterocycles. The summed E-state index contributed by atoms with van der Waals surface area (Å²) in [5.74, 6) is 0.643. The fourth-order valence-corrected chi connectivity index (χ4v) is 0.952. The van der Waals surface area contributed by atoms with E-state index in [0.29, 0.717) is 19.6 Å². The van der Waals surface area contributed by atoms with Crippen molar-refractivity contribution in [1.29, 1.82) is 0 Å². The van der Waals surface area contributed by atoms with Crippen LogP contribution in [-0.2, 0) is 9.53 Å². The van der Waals surface area contributed by atoms with Crippen LogP contribution in [0.2, 0.25) is 0 Å². The summed E-state index contributed by atoms with van der Waals surface area (Å²) in [6.45, 7) is 0.997. The van der Waals surface area contributed by atoms with E-state index in [1.807, 2.05) is 0 Å². The SMILES string of the molecule is Cl.Cl.NCCCOC(=O)CCCSN. The number of esters is 1. The Morgan fingerprint density at radius 2 is 1.93 bits per heavy atom. The van der Waals surface area contributed by atoms with E-state index in [2.05, 4.69) is 0 Å². The molecular weight excluding hydrogens is 247 g/mol. The number of ether oxygens (including phenoxy) is 1. The molecule has 4 nitrogen and oxygen atoms in total. The van der Waals surface area contributed by atoms with Crippen LogP contribution in [0.5, 0.6) is 0 Å². The molecule has 0 aliphatic carbocycles. The van der Waals surface area contributed by atoms with Crippen molar-refractivity contribution < 1.29 is 9.53 Å². The molecule has 0 fully saturated rings. The molecule has 0 unspecified atom stereocenters. The van der Waals surface area contributed by atoms with Crippen LogP contribution in [0.15, 0.2) is 0 Å². The summed E-state index contributed by atoms with van der Waals surface area (Å²) in [4.78, 5) is 10.9. The van der Waals surface area contributed by atoms with Crippen LogP contribution in [0.25, 0.3) is 0 Å². The number of halogens is 2. The van der Waals surface area contributed by atoms with E-state index < -0.39 is 0 Å². The van der Waals surface area contributed by atoms with Gasteiger partial charge in [-0.25, -0.2) is 0 Å². The van der Waals surface area contributed by atoms with Gasteiger partial charge in [-0.15, -0.1) is 24.8 Å². The van der Waals surface area contributed by atoms with E-state index >= 15 is 0 Å². The Labute approximate surface area is 101 Å². The summed E-state index contributed by atoms with van der Waals surface area (Å²) in [7, 11) is 0. The lowest BCUT2D eigenvalue weighted by molar-refractivity contribution is -0.143. The van der Waals surface area contributed by atoms with Gasteiger partial charge in [-0.1, -0.05) is 11.9 Å². The lowest BCUT2D eigenvalue weighted by atomic mass is 10.3. The Kier molecular flexibility index (Phi) is 22.3. The minimum atomic E-state index is -0.155. The number of hydrogen-bond acceptors (Lipinski definition) is 5. The smallest absolute Gasteiger partial charge is 0.305 e. The van der Waals surface area contributed by atoms with Gasteiger partial charge in [-0.2, -0.15) is 0 Å². The predicted molar refractivity (Wildman–Crippen MR) is 65.0 cm³/mol. The molecule has 14 heavy (non-hydrogen) atoms. The van der Waals surface area contributed by atoms with E-state index in [9.17, 15) is 4.79 Å². The second-order valence-electron chi connectivity index (χ2n) is 2.34. The van der Waals surface area contributed by atoms with E-state index in [1.54, 1.807) is 0 Å². The maximum atomic E-state index is 10.9. The van der Waals surface area contributed by atoms with Crippen LogP contribution in [-0.4, -0.2) is 24.9 Å². The molecule has 0 aromatic carbocycles. The zero-order chi connectivity index (χ0) is 9.23. The summed E-state index contributed by atoms with van der Waals surface area (Å²) < 4.78 is 4.86. The molecule has 0 saturated heterocycles. The predicted octanol–water partition coefficient (Wildman–Crippen LogP) is 1.11. The van der Waals surface area contributed by atoms with E-state index in [4.69, 9.17) is 15.6 Å². The van der Waals surface area contributed by atoms with Gasteiger partial charge in [-0.3, -0.25) is 9.93 Å². The summed E-state index contributed by atoms with van der Waals surface area (Å²) in [5.41, 5.74) is 5.23. The number of carbonyl (C=O) groups is 1. The highest BCUT2D eigenvalue weighted by molar-refractivity contribution is 7.97. The molecule has 0 heterocycles. The average Bonchev–Trinajstić information content (AvgIpc) is 2.06. The maximum Gasteiger partial charge on any atom is 0.305 e. The first-order valence-electron chi connectivity index (χ1n) is 3.98. The first kappa shape index (κ1) is 19.8. The molecule has 0 rings (SSSR count). The fourth-order valence-electron chi connectivity index (χ4n) is 0.641. The van der Waals surface area contributed by atoms with Crippen molar-refractivity contribution in [3.8, 4) is 0 Å². The van der Waals surface area contributed by atoms with Crippen molar-refractivity contribution >= 4 is 42.7 Å². The van der Waals surface area contributed by atoms with Crippen LogP contribution in [0.4, 0.5) is 0 Å². The number of rotatable bonds is 7. The van der Waals surface area contributed by atoms with Crippen molar-refractivity contribution in [2.45, 2.75) is 19.3 Å². The van der Waals surface area contributed by atoms with E-state index in [-0.39, 0.29) is 30.8 Å². The summed E-state index contributed by atoms with van der Waals surface area (Å²) >= 11 is 1.24. The monoisotopic (exact) mass is 264 g/mol. The van der Waals surface area contributed by atoms with E-state index in [1.165, 1.54) is 11.9 Å². The third-order valence-electron chi connectivity index (χ3n) is 1.25. The lowest BCUT2D eigenvalue weighted by Gasteiger charge is -2.02. The van der Waals surface area contributed by atoms with Gasteiger partial charge in [0, 0.05) is 12.2 Å². The Morgan fingerprint density at radius 1 is 1.29 bits per heavy atom. The van der Waals surface area contributed by atoms with Crippen molar-refractivity contribution in [2.24, 2.45) is 10.9 Å². The number of carbonyl (C=O) groups excluding carboxylic acids is 1. The number of hydrogen-bond donors (Lipinski definition) is 2. The number of nitrogens with two attached hydrogens (primary N) is 2. The summed E-state index contributed by atoms with van der Waals surface area (Å²) in [5, 5.41) is 5.18. The molecule has 0 amide bonds. The lowest BCUT2D eigenvalue weighted by Crippen LogP contribution is -2.09. The Bertz CT molecular complexity index is 118. The minimum absolute atomic E-state index is 0. The van der Waals surface area contributed by atoms with Crippen LogP contribution >= 0.6 is 36.8 Å². The van der Waals surface area contributed by atoms with Gasteiger partial charge in [0.15, 0.2) is 0 Å². The second kappa shape index (κ2) is 15.8. The van der Waals surface area contributed by atoms with Crippen molar-refractivity contribution in [1.82, 2.24) is 0 Å². The standard InChI is InChI=1S/C7H16N2O2S.2ClH/c8-4-2-5-11-7(10)3-1-6-12-9;;/h1-6,8-9H2;2*1H. The largest absolute Gasteiger partial charge is 0.466 e. The molecule has 0 bridgehead atoms. The third kappa shape index (κ3) is 14.8. The summed E-state index contributed by atoms with van der Waals surface area (Å²) in [6, 6.07) is 0. The van der Waals surface area contributed by atoms with Crippen molar-refractivity contribution in [3.05, 3.63) is 0 Å². The summed E-state index contributed by atoms with van der Waals surface area (Å²) in [6.07, 6.45) is 1.97. The molecular formula is C7H18Cl2N2O2S. The molecule has 0 spiro atoms. The Morgan fingerprint density at radius 3 is 2.43 bits per heavy atom. The molecule has 7 heteroatoms. The fraction of sp³-hybridized carbons (Fsp3) is 0.857. The first-order chi connectivity index (χ1) is 5.81. The minimum Gasteiger partial charge on any atom is -0.466 e. The van der Waals surface area contributed by atoms with Crippen molar-refractivity contribution in [3.63, 3.8) is 0 Å². The highest BCUT2D eigenvalue weighted by Gasteiger charge is 2.00. The highest BCUT2D eigenvalue weighted by atomic mass is 35.5. The molecule has 0 radical (unpaired) electrons. The molecule has 0 atom stereocenters. The molecule has 0 saturated carbocycles. The first-order valence-corrected chi connectivity index (χ1v) is 5.03.